The van der Waals surface area contributed by atoms with Crippen LogP contribution in [0.3, 0.4) is 0 Å². The highest BCUT2D eigenvalue weighted by atomic mass is 19.1. The molecule has 0 heterocycles. The van der Waals surface area contributed by atoms with E-state index in [0.717, 1.165) is 6.07 Å². The Morgan fingerprint density at radius 2 is 2.18 bits per heavy atom. The predicted octanol–water partition coefficient (Wildman–Crippen LogP) is 1.71. The summed E-state index contributed by atoms with van der Waals surface area (Å²) in [5, 5.41) is 17.5. The molecular formula is C8H6FNO. The van der Waals surface area contributed by atoms with Crippen LogP contribution in [0, 0.1) is 24.1 Å². The minimum atomic E-state index is -0.685. The van der Waals surface area contributed by atoms with Gasteiger partial charge >= 0.3 is 0 Å². The Kier molecular flexibility index (Phi) is 1.77. The third kappa shape index (κ3) is 1.15. The molecule has 0 radical (unpaired) electrons. The van der Waals surface area contributed by atoms with Gasteiger partial charge < -0.3 is 5.11 Å². The summed E-state index contributed by atoms with van der Waals surface area (Å²) in [5.41, 5.74) is 0.216. The normalized spacial score (nSPS) is 9.18. The van der Waals surface area contributed by atoms with Gasteiger partial charge in [0.05, 0.1) is 0 Å². The molecule has 1 N–H and O–H groups in total. The van der Waals surface area contributed by atoms with Gasteiger partial charge in [-0.1, -0.05) is 6.07 Å². The monoisotopic (exact) mass is 151 g/mol. The van der Waals surface area contributed by atoms with Crippen molar-refractivity contribution in [1.82, 2.24) is 0 Å². The Morgan fingerprint density at radius 3 is 2.64 bits per heavy atom. The number of hydrogen-bond donors (Lipinski definition) is 1. The van der Waals surface area contributed by atoms with Crippen molar-refractivity contribution in [3.8, 4) is 11.8 Å². The van der Waals surface area contributed by atoms with Crippen LogP contribution >= 0.6 is 0 Å². The molecule has 0 spiro atoms. The van der Waals surface area contributed by atoms with Gasteiger partial charge in [-0.2, -0.15) is 5.26 Å². The maximum absolute atomic E-state index is 12.6. The van der Waals surface area contributed by atoms with E-state index in [-0.39, 0.29) is 11.3 Å². The zero-order chi connectivity index (χ0) is 8.43. The summed E-state index contributed by atoms with van der Waals surface area (Å²) in [7, 11) is 0. The number of phenols is 1. The van der Waals surface area contributed by atoms with Crippen molar-refractivity contribution in [2.75, 3.05) is 0 Å². The van der Waals surface area contributed by atoms with Gasteiger partial charge in [0.25, 0.3) is 0 Å². The Bertz CT molecular complexity index is 328. The third-order valence-electron chi connectivity index (χ3n) is 1.44. The third-order valence-corrected chi connectivity index (χ3v) is 1.44. The van der Waals surface area contributed by atoms with E-state index < -0.39 is 5.82 Å². The molecular weight excluding hydrogens is 145 g/mol. The van der Waals surface area contributed by atoms with E-state index in [1.54, 1.807) is 13.0 Å². The van der Waals surface area contributed by atoms with Crippen molar-refractivity contribution in [2.24, 2.45) is 0 Å². The summed E-state index contributed by atoms with van der Waals surface area (Å²) >= 11 is 0. The fourth-order valence-corrected chi connectivity index (χ4v) is 0.777. The van der Waals surface area contributed by atoms with Gasteiger partial charge in [-0.3, -0.25) is 0 Å². The van der Waals surface area contributed by atoms with E-state index in [4.69, 9.17) is 10.4 Å². The molecule has 2 nitrogen and oxygen atoms in total. The first-order chi connectivity index (χ1) is 5.16. The Morgan fingerprint density at radius 1 is 1.55 bits per heavy atom. The molecule has 0 aliphatic carbocycles. The topological polar surface area (TPSA) is 44.0 Å². The molecule has 56 valence electrons. The first-order valence-electron chi connectivity index (χ1n) is 3.05. The minimum absolute atomic E-state index is 0.271. The average Bonchev–Trinajstić information content (AvgIpc) is 1.99. The second-order valence-corrected chi connectivity index (χ2v) is 2.20. The van der Waals surface area contributed by atoms with E-state index in [2.05, 4.69) is 0 Å². The molecule has 0 aromatic heterocycles. The van der Waals surface area contributed by atoms with E-state index in [9.17, 15) is 4.39 Å². The van der Waals surface area contributed by atoms with Crippen molar-refractivity contribution in [1.29, 1.82) is 5.26 Å². The van der Waals surface area contributed by atoms with Crippen LogP contribution in [0.4, 0.5) is 4.39 Å². The molecule has 0 unspecified atom stereocenters. The number of nitrogens with zero attached hydrogens (tertiary/aromatic N) is 1. The van der Waals surface area contributed by atoms with Crippen molar-refractivity contribution in [3.05, 3.63) is 29.1 Å². The van der Waals surface area contributed by atoms with Crippen LogP contribution in [-0.4, -0.2) is 5.11 Å². The number of benzene rings is 1. The van der Waals surface area contributed by atoms with E-state index in [1.807, 2.05) is 0 Å². The van der Waals surface area contributed by atoms with Crippen LogP contribution < -0.4 is 0 Å². The zero-order valence-electron chi connectivity index (χ0n) is 5.93. The number of halogens is 1. The number of hydrogen-bond acceptors (Lipinski definition) is 2. The lowest BCUT2D eigenvalue weighted by atomic mass is 10.1. The molecule has 1 aromatic carbocycles. The summed E-state index contributed by atoms with van der Waals surface area (Å²) < 4.78 is 12.6. The highest BCUT2D eigenvalue weighted by molar-refractivity contribution is 5.47. The Labute approximate surface area is 63.5 Å². The van der Waals surface area contributed by atoms with Crippen LogP contribution in [0.5, 0.6) is 5.75 Å². The lowest BCUT2D eigenvalue weighted by Crippen LogP contribution is -1.86. The van der Waals surface area contributed by atoms with Crippen molar-refractivity contribution < 1.29 is 9.50 Å². The summed E-state index contributed by atoms with van der Waals surface area (Å²) in [4.78, 5) is 0. The second kappa shape index (κ2) is 2.59. The summed E-state index contributed by atoms with van der Waals surface area (Å²) in [5.74, 6) is -0.955. The lowest BCUT2D eigenvalue weighted by Gasteiger charge is -1.99. The average molecular weight is 151 g/mol. The molecule has 3 heteroatoms. The van der Waals surface area contributed by atoms with Crippen LogP contribution in [-0.2, 0) is 0 Å². The molecule has 0 bridgehead atoms. The largest absolute Gasteiger partial charge is 0.506 e. The highest BCUT2D eigenvalue weighted by Crippen LogP contribution is 2.22. The molecule has 1 aromatic rings. The maximum Gasteiger partial charge on any atom is 0.144 e. The highest BCUT2D eigenvalue weighted by Gasteiger charge is 2.08. The number of phenolic OH excluding ortho intramolecular Hbond substituents is 1. The van der Waals surface area contributed by atoms with Crippen molar-refractivity contribution in [3.63, 3.8) is 0 Å². The molecule has 11 heavy (non-hydrogen) atoms. The molecule has 0 saturated carbocycles. The molecule has 1 rings (SSSR count). The molecule has 0 aliphatic heterocycles. The van der Waals surface area contributed by atoms with Gasteiger partial charge in [-0.15, -0.1) is 0 Å². The van der Waals surface area contributed by atoms with Gasteiger partial charge in [0.1, 0.15) is 23.2 Å². The van der Waals surface area contributed by atoms with Gasteiger partial charge in [-0.25, -0.2) is 4.39 Å². The molecule has 0 amide bonds. The van der Waals surface area contributed by atoms with Gasteiger partial charge in [0.15, 0.2) is 0 Å². The fraction of sp³-hybridized carbons (Fsp3) is 0.125. The minimum Gasteiger partial charge on any atom is -0.506 e. The van der Waals surface area contributed by atoms with Crippen LogP contribution in [0.15, 0.2) is 12.1 Å². The molecule has 0 fully saturated rings. The van der Waals surface area contributed by atoms with Gasteiger partial charge in [-0.05, 0) is 18.6 Å². The molecule has 0 saturated heterocycles. The van der Waals surface area contributed by atoms with Gasteiger partial charge in [0, 0.05) is 0 Å². The number of aryl methyl sites for hydroxylation is 1. The number of nitriles is 1. The zero-order valence-corrected chi connectivity index (χ0v) is 5.93. The van der Waals surface area contributed by atoms with Crippen LogP contribution in [0.25, 0.3) is 0 Å². The van der Waals surface area contributed by atoms with Crippen molar-refractivity contribution >= 4 is 0 Å². The summed E-state index contributed by atoms with van der Waals surface area (Å²) in [6.45, 7) is 1.61. The second-order valence-electron chi connectivity index (χ2n) is 2.20. The predicted molar refractivity (Wildman–Crippen MR) is 37.5 cm³/mol. The summed E-state index contributed by atoms with van der Waals surface area (Å²) in [6.07, 6.45) is 0. The van der Waals surface area contributed by atoms with E-state index in [1.165, 1.54) is 6.07 Å². The lowest BCUT2D eigenvalue weighted by molar-refractivity contribution is 0.462. The van der Waals surface area contributed by atoms with Gasteiger partial charge in [0.2, 0.25) is 0 Å². The number of rotatable bonds is 0. The first-order valence-corrected chi connectivity index (χ1v) is 3.05. The maximum atomic E-state index is 12.6. The van der Waals surface area contributed by atoms with Crippen molar-refractivity contribution in [2.45, 2.75) is 6.92 Å². The summed E-state index contributed by atoms with van der Waals surface area (Å²) in [6, 6.07) is 4.16. The van der Waals surface area contributed by atoms with Crippen LogP contribution in [0.1, 0.15) is 11.1 Å². The standard InChI is InChI=1S/C8H6FNO/c1-5-2-3-7(9)6(4-10)8(5)11/h2-3,11H,1H3. The quantitative estimate of drug-likeness (QED) is 0.613. The number of aromatic hydroxyl groups is 1. The smallest absolute Gasteiger partial charge is 0.144 e. The SMILES string of the molecule is Cc1ccc(F)c(C#N)c1O. The van der Waals surface area contributed by atoms with Crippen LogP contribution in [0.2, 0.25) is 0 Å². The first kappa shape index (κ1) is 7.55. The molecule has 0 atom stereocenters. The van der Waals surface area contributed by atoms with E-state index in [0.29, 0.717) is 5.56 Å². The Hall–Kier alpha value is -1.56. The van der Waals surface area contributed by atoms with E-state index >= 15 is 0 Å². The fourth-order valence-electron chi connectivity index (χ4n) is 0.777. The molecule has 0 aliphatic rings. The Balaban J connectivity index is 3.44.